The van der Waals surface area contributed by atoms with Crippen molar-refractivity contribution in [3.63, 3.8) is 0 Å². The molecule has 6 heteroatoms. The number of hydrogen-bond donors (Lipinski definition) is 0. The van der Waals surface area contributed by atoms with Gasteiger partial charge in [-0.1, -0.05) is 65.8 Å². The molecule has 0 aliphatic carbocycles. The first-order valence-electron chi connectivity index (χ1n) is 7.93. The molecule has 1 aromatic heterocycles. The van der Waals surface area contributed by atoms with Crippen LogP contribution in [0.4, 0.5) is 0 Å². The smallest absolute Gasteiger partial charge is 0.191 e. The molecule has 0 aliphatic rings. The number of thioether (sulfide) groups is 1. The maximum absolute atomic E-state index is 12.6. The molecule has 25 heavy (non-hydrogen) atoms. The fourth-order valence-corrected chi connectivity index (χ4v) is 3.57. The minimum Gasteiger partial charge on any atom is -0.309 e. The highest BCUT2D eigenvalue weighted by molar-refractivity contribution is 8.00. The van der Waals surface area contributed by atoms with Crippen molar-refractivity contribution in [2.24, 2.45) is 7.05 Å². The fraction of sp³-hybridized carbons (Fsp3) is 0.211. The third-order valence-electron chi connectivity index (χ3n) is 3.89. The topological polar surface area (TPSA) is 47.8 Å². The van der Waals surface area contributed by atoms with Crippen molar-refractivity contribution in [1.82, 2.24) is 14.8 Å². The van der Waals surface area contributed by atoms with E-state index in [0.717, 1.165) is 11.0 Å². The summed E-state index contributed by atoms with van der Waals surface area (Å²) in [6, 6.07) is 17.1. The molecule has 1 unspecified atom stereocenters. The third-order valence-corrected chi connectivity index (χ3v) is 5.26. The molecule has 0 N–H and O–H groups in total. The Morgan fingerprint density at radius 1 is 1.16 bits per heavy atom. The lowest BCUT2D eigenvalue weighted by atomic mass is 10.1. The zero-order valence-electron chi connectivity index (χ0n) is 14.0. The van der Waals surface area contributed by atoms with Crippen LogP contribution < -0.4 is 0 Å². The van der Waals surface area contributed by atoms with Gasteiger partial charge in [-0.25, -0.2) is 0 Å². The van der Waals surface area contributed by atoms with Gasteiger partial charge in [-0.15, -0.1) is 10.2 Å². The van der Waals surface area contributed by atoms with Gasteiger partial charge >= 0.3 is 0 Å². The molecule has 0 saturated carbocycles. The van der Waals surface area contributed by atoms with Crippen molar-refractivity contribution in [1.29, 1.82) is 0 Å². The Labute approximate surface area is 156 Å². The van der Waals surface area contributed by atoms with Gasteiger partial charge in [-0.3, -0.25) is 4.79 Å². The second kappa shape index (κ2) is 7.85. The molecular weight excluding hydrogens is 354 g/mol. The van der Waals surface area contributed by atoms with E-state index in [4.69, 9.17) is 11.6 Å². The predicted octanol–water partition coefficient (Wildman–Crippen LogP) is 4.42. The maximum Gasteiger partial charge on any atom is 0.191 e. The number of benzene rings is 2. The van der Waals surface area contributed by atoms with Crippen LogP contribution in [0.15, 0.2) is 59.8 Å². The zero-order chi connectivity index (χ0) is 17.8. The van der Waals surface area contributed by atoms with E-state index in [9.17, 15) is 4.79 Å². The molecule has 0 radical (unpaired) electrons. The standard InChI is InChI=1S/C19H18ClN3OS/c1-13(18(24)15-9-6-10-16(20)12-15)25-19-22-21-17(23(19)2)11-14-7-4-3-5-8-14/h3-10,12-13H,11H2,1-2H3. The van der Waals surface area contributed by atoms with E-state index in [1.165, 1.54) is 17.3 Å². The van der Waals surface area contributed by atoms with Crippen LogP contribution in [0.25, 0.3) is 0 Å². The van der Waals surface area contributed by atoms with Crippen LogP contribution in [0.5, 0.6) is 0 Å². The quantitative estimate of drug-likeness (QED) is 0.475. The second-order valence-corrected chi connectivity index (χ2v) is 7.50. The highest BCUT2D eigenvalue weighted by atomic mass is 35.5. The molecular formula is C19H18ClN3OS. The number of nitrogens with zero attached hydrogens (tertiary/aromatic N) is 3. The Morgan fingerprint density at radius 2 is 1.92 bits per heavy atom. The van der Waals surface area contributed by atoms with Crippen LogP contribution in [0.2, 0.25) is 5.02 Å². The van der Waals surface area contributed by atoms with Crippen molar-refractivity contribution in [3.05, 3.63) is 76.6 Å². The van der Waals surface area contributed by atoms with Gasteiger partial charge < -0.3 is 4.57 Å². The highest BCUT2D eigenvalue weighted by Gasteiger charge is 2.20. The molecule has 3 rings (SSSR count). The predicted molar refractivity (Wildman–Crippen MR) is 101 cm³/mol. The van der Waals surface area contributed by atoms with Crippen molar-refractivity contribution in [2.75, 3.05) is 0 Å². The molecule has 3 aromatic rings. The molecule has 4 nitrogen and oxygen atoms in total. The van der Waals surface area contributed by atoms with Gasteiger partial charge in [0.1, 0.15) is 5.82 Å². The van der Waals surface area contributed by atoms with E-state index in [1.807, 2.05) is 36.7 Å². The SMILES string of the molecule is CC(Sc1nnc(Cc2ccccc2)n1C)C(=O)c1cccc(Cl)c1. The number of rotatable bonds is 6. The highest BCUT2D eigenvalue weighted by Crippen LogP contribution is 2.25. The average molecular weight is 372 g/mol. The van der Waals surface area contributed by atoms with Gasteiger partial charge in [0, 0.05) is 24.1 Å². The summed E-state index contributed by atoms with van der Waals surface area (Å²) in [4.78, 5) is 12.6. The summed E-state index contributed by atoms with van der Waals surface area (Å²) < 4.78 is 1.94. The van der Waals surface area contributed by atoms with Crippen molar-refractivity contribution >= 4 is 29.1 Å². The Morgan fingerprint density at radius 3 is 2.64 bits per heavy atom. The first-order chi connectivity index (χ1) is 12.0. The second-order valence-electron chi connectivity index (χ2n) is 5.75. The number of halogens is 1. The van der Waals surface area contributed by atoms with E-state index in [-0.39, 0.29) is 11.0 Å². The Balaban J connectivity index is 1.71. The lowest BCUT2D eigenvalue weighted by Crippen LogP contribution is -2.14. The lowest BCUT2D eigenvalue weighted by Gasteiger charge is -2.10. The number of aromatic nitrogens is 3. The van der Waals surface area contributed by atoms with Crippen LogP contribution in [-0.4, -0.2) is 25.8 Å². The molecule has 0 amide bonds. The van der Waals surface area contributed by atoms with E-state index in [0.29, 0.717) is 17.0 Å². The van der Waals surface area contributed by atoms with Crippen LogP contribution in [-0.2, 0) is 13.5 Å². The third kappa shape index (κ3) is 4.30. The number of hydrogen-bond acceptors (Lipinski definition) is 4. The molecule has 0 fully saturated rings. The zero-order valence-corrected chi connectivity index (χ0v) is 15.6. The summed E-state index contributed by atoms with van der Waals surface area (Å²) in [7, 11) is 1.93. The van der Waals surface area contributed by atoms with Gasteiger partial charge in [0.2, 0.25) is 0 Å². The van der Waals surface area contributed by atoms with Gasteiger partial charge in [0.15, 0.2) is 10.9 Å². The molecule has 0 aliphatic heterocycles. The van der Waals surface area contributed by atoms with E-state index < -0.39 is 0 Å². The van der Waals surface area contributed by atoms with Gasteiger partial charge in [0.25, 0.3) is 0 Å². The van der Waals surface area contributed by atoms with Crippen LogP contribution in [0.3, 0.4) is 0 Å². The first kappa shape index (κ1) is 17.7. The summed E-state index contributed by atoms with van der Waals surface area (Å²) in [6.07, 6.45) is 0.710. The van der Waals surface area contributed by atoms with Gasteiger partial charge in [0.05, 0.1) is 5.25 Å². The molecule has 1 heterocycles. The van der Waals surface area contributed by atoms with E-state index in [2.05, 4.69) is 22.3 Å². The maximum atomic E-state index is 12.6. The van der Waals surface area contributed by atoms with Gasteiger partial charge in [-0.05, 0) is 24.6 Å². The molecule has 0 saturated heterocycles. The van der Waals surface area contributed by atoms with E-state index >= 15 is 0 Å². The molecule has 0 bridgehead atoms. The van der Waals surface area contributed by atoms with Gasteiger partial charge in [-0.2, -0.15) is 0 Å². The van der Waals surface area contributed by atoms with Crippen LogP contribution in [0.1, 0.15) is 28.7 Å². The lowest BCUT2D eigenvalue weighted by molar-refractivity contribution is 0.0994. The number of Topliss-reactive ketones (excluding diaryl/α,β-unsaturated/α-hetero) is 1. The fourth-order valence-electron chi connectivity index (χ4n) is 2.47. The molecule has 128 valence electrons. The Kier molecular flexibility index (Phi) is 5.56. The number of carbonyl (C=O) groups is 1. The van der Waals surface area contributed by atoms with E-state index in [1.54, 1.807) is 24.3 Å². The average Bonchev–Trinajstić information content (AvgIpc) is 2.95. The monoisotopic (exact) mass is 371 g/mol. The normalized spacial score (nSPS) is 12.1. The summed E-state index contributed by atoms with van der Waals surface area (Å²) in [5.41, 5.74) is 1.79. The molecule has 0 spiro atoms. The molecule has 1 atom stereocenters. The van der Waals surface area contributed by atoms with Crippen molar-refractivity contribution in [2.45, 2.75) is 23.8 Å². The van der Waals surface area contributed by atoms with Crippen LogP contribution >= 0.6 is 23.4 Å². The largest absolute Gasteiger partial charge is 0.309 e. The summed E-state index contributed by atoms with van der Waals surface area (Å²) >= 11 is 7.38. The summed E-state index contributed by atoms with van der Waals surface area (Å²) in [5, 5.41) is 9.53. The Bertz CT molecular complexity index is 879. The number of carbonyl (C=O) groups excluding carboxylic acids is 1. The molecule has 2 aromatic carbocycles. The number of ketones is 1. The van der Waals surface area contributed by atoms with Crippen molar-refractivity contribution < 1.29 is 4.79 Å². The minimum atomic E-state index is -0.272. The summed E-state index contributed by atoms with van der Waals surface area (Å²) in [6.45, 7) is 1.87. The summed E-state index contributed by atoms with van der Waals surface area (Å²) in [5.74, 6) is 0.899. The minimum absolute atomic E-state index is 0.0279. The van der Waals surface area contributed by atoms with Crippen molar-refractivity contribution in [3.8, 4) is 0 Å². The van der Waals surface area contributed by atoms with Crippen LogP contribution in [0, 0.1) is 0 Å². The Hall–Kier alpha value is -2.11. The first-order valence-corrected chi connectivity index (χ1v) is 9.19.